The van der Waals surface area contributed by atoms with Gasteiger partial charge in [-0.1, -0.05) is 11.6 Å². The van der Waals surface area contributed by atoms with Crippen molar-refractivity contribution in [2.75, 3.05) is 18.4 Å². The molecule has 0 bridgehead atoms. The molecule has 1 aliphatic heterocycles. The molecule has 96 valence electrons. The second kappa shape index (κ2) is 5.32. The molecule has 1 saturated heterocycles. The van der Waals surface area contributed by atoms with Crippen molar-refractivity contribution in [3.8, 4) is 0 Å². The van der Waals surface area contributed by atoms with E-state index in [1.807, 2.05) is 0 Å². The van der Waals surface area contributed by atoms with Gasteiger partial charge in [0.25, 0.3) is 5.69 Å². The maximum Gasteiger partial charge on any atom is 0.294 e. The maximum atomic E-state index is 11.9. The molecule has 1 aliphatic rings. The summed E-state index contributed by atoms with van der Waals surface area (Å²) in [5, 5.41) is 16.8. The van der Waals surface area contributed by atoms with Crippen LogP contribution in [0.4, 0.5) is 11.4 Å². The Morgan fingerprint density at radius 2 is 2.33 bits per heavy atom. The first-order chi connectivity index (χ1) is 8.58. The van der Waals surface area contributed by atoms with Gasteiger partial charge in [0.2, 0.25) is 5.91 Å². The number of rotatable bonds is 3. The molecule has 1 heterocycles. The Labute approximate surface area is 108 Å². The Morgan fingerprint density at radius 3 is 2.94 bits per heavy atom. The van der Waals surface area contributed by atoms with Gasteiger partial charge in [0.05, 0.1) is 10.8 Å². The average molecular weight is 270 g/mol. The quantitative estimate of drug-likeness (QED) is 0.647. The average Bonchev–Trinajstić information content (AvgIpc) is 2.84. The molecule has 0 saturated carbocycles. The lowest BCUT2D eigenvalue weighted by Gasteiger charge is -2.10. The van der Waals surface area contributed by atoms with Gasteiger partial charge in [-0.15, -0.1) is 0 Å². The molecule has 0 aromatic heterocycles. The van der Waals surface area contributed by atoms with Crippen molar-refractivity contribution < 1.29 is 9.72 Å². The molecule has 1 fully saturated rings. The van der Waals surface area contributed by atoms with Gasteiger partial charge in [-0.25, -0.2) is 0 Å². The molecule has 1 aromatic carbocycles. The van der Waals surface area contributed by atoms with Crippen LogP contribution in [-0.2, 0) is 4.79 Å². The van der Waals surface area contributed by atoms with Gasteiger partial charge < -0.3 is 10.6 Å². The van der Waals surface area contributed by atoms with Crippen LogP contribution >= 0.6 is 11.6 Å². The number of nitro groups is 1. The molecule has 6 nitrogen and oxygen atoms in total. The Kier molecular flexibility index (Phi) is 3.78. The molecule has 0 aliphatic carbocycles. The lowest BCUT2D eigenvalue weighted by molar-refractivity contribution is -0.383. The molecule has 7 heteroatoms. The summed E-state index contributed by atoms with van der Waals surface area (Å²) in [6.45, 7) is 1.40. The van der Waals surface area contributed by atoms with Crippen LogP contribution in [0.5, 0.6) is 0 Å². The summed E-state index contributed by atoms with van der Waals surface area (Å²) in [4.78, 5) is 22.2. The Bertz CT molecular complexity index is 486. The van der Waals surface area contributed by atoms with E-state index in [4.69, 9.17) is 11.6 Å². The number of hydrogen-bond donors (Lipinski definition) is 2. The van der Waals surface area contributed by atoms with Crippen molar-refractivity contribution in [2.45, 2.75) is 6.42 Å². The van der Waals surface area contributed by atoms with Crippen LogP contribution in [0, 0.1) is 16.0 Å². The molecular formula is C11H12ClN3O3. The smallest absolute Gasteiger partial charge is 0.294 e. The zero-order valence-electron chi connectivity index (χ0n) is 9.48. The van der Waals surface area contributed by atoms with Gasteiger partial charge in [0, 0.05) is 17.6 Å². The number of anilines is 1. The number of nitro benzene ring substituents is 1. The molecule has 1 atom stereocenters. The molecule has 0 spiro atoms. The van der Waals surface area contributed by atoms with Crippen LogP contribution in [0.25, 0.3) is 0 Å². The monoisotopic (exact) mass is 269 g/mol. The highest BCUT2D eigenvalue weighted by molar-refractivity contribution is 6.31. The highest BCUT2D eigenvalue weighted by Gasteiger charge is 2.24. The number of carbonyl (C=O) groups excluding carboxylic acids is 1. The van der Waals surface area contributed by atoms with Crippen LogP contribution in [0.3, 0.4) is 0 Å². The standard InChI is InChI=1S/C11H12ClN3O3/c12-8-1-2-9(10(5-8)15(17)18)14-11(16)7-3-4-13-6-7/h1-2,5,7,13H,3-4,6H2,(H,14,16). The summed E-state index contributed by atoms with van der Waals surface area (Å²) in [7, 11) is 0. The number of benzene rings is 1. The van der Waals surface area contributed by atoms with E-state index in [9.17, 15) is 14.9 Å². The lowest BCUT2D eigenvalue weighted by atomic mass is 10.1. The van der Waals surface area contributed by atoms with E-state index in [1.54, 1.807) is 0 Å². The lowest BCUT2D eigenvalue weighted by Crippen LogP contribution is -2.24. The van der Waals surface area contributed by atoms with Crippen LogP contribution in [0.2, 0.25) is 5.02 Å². The van der Waals surface area contributed by atoms with Gasteiger partial charge >= 0.3 is 0 Å². The molecule has 0 radical (unpaired) electrons. The number of carbonyl (C=O) groups is 1. The first kappa shape index (κ1) is 12.8. The summed E-state index contributed by atoms with van der Waals surface area (Å²) in [5.74, 6) is -0.342. The van der Waals surface area contributed by atoms with Crippen LogP contribution in [0.1, 0.15) is 6.42 Å². The second-order valence-electron chi connectivity index (χ2n) is 4.10. The minimum atomic E-state index is -0.561. The number of nitrogens with zero attached hydrogens (tertiary/aromatic N) is 1. The van der Waals surface area contributed by atoms with Crippen LogP contribution in [-0.4, -0.2) is 23.9 Å². The molecule has 2 N–H and O–H groups in total. The zero-order valence-corrected chi connectivity index (χ0v) is 10.2. The molecule has 1 unspecified atom stereocenters. The summed E-state index contributed by atoms with van der Waals surface area (Å²) < 4.78 is 0. The normalized spacial score (nSPS) is 18.6. The minimum absolute atomic E-state index is 0.139. The fourth-order valence-corrected chi connectivity index (χ4v) is 2.04. The summed E-state index contributed by atoms with van der Waals surface area (Å²) in [6, 6.07) is 4.18. The van der Waals surface area contributed by atoms with E-state index in [-0.39, 0.29) is 28.2 Å². The predicted molar refractivity (Wildman–Crippen MR) is 67.7 cm³/mol. The van der Waals surface area contributed by atoms with E-state index in [2.05, 4.69) is 10.6 Å². The Balaban J connectivity index is 2.17. The SMILES string of the molecule is O=C(Nc1ccc(Cl)cc1[N+](=O)[O-])C1CCNC1. The van der Waals surface area contributed by atoms with Gasteiger partial charge in [-0.3, -0.25) is 14.9 Å². The van der Waals surface area contributed by atoms with Crippen molar-refractivity contribution >= 4 is 28.9 Å². The number of hydrogen-bond acceptors (Lipinski definition) is 4. The molecular weight excluding hydrogens is 258 g/mol. The minimum Gasteiger partial charge on any atom is -0.320 e. The molecule has 1 amide bonds. The predicted octanol–water partition coefficient (Wildman–Crippen LogP) is 1.80. The summed E-state index contributed by atoms with van der Waals surface area (Å²) >= 11 is 5.70. The first-order valence-electron chi connectivity index (χ1n) is 5.53. The third-order valence-corrected chi connectivity index (χ3v) is 3.08. The van der Waals surface area contributed by atoms with Crippen molar-refractivity contribution in [1.82, 2.24) is 5.32 Å². The van der Waals surface area contributed by atoms with Crippen molar-refractivity contribution in [1.29, 1.82) is 0 Å². The van der Waals surface area contributed by atoms with E-state index < -0.39 is 4.92 Å². The van der Waals surface area contributed by atoms with Gasteiger partial charge in [-0.2, -0.15) is 0 Å². The highest BCUT2D eigenvalue weighted by atomic mass is 35.5. The Hall–Kier alpha value is -1.66. The molecule has 2 rings (SSSR count). The third-order valence-electron chi connectivity index (χ3n) is 2.85. The summed E-state index contributed by atoms with van der Waals surface area (Å²) in [5.41, 5.74) is -0.0110. The topological polar surface area (TPSA) is 84.3 Å². The van der Waals surface area contributed by atoms with Crippen molar-refractivity contribution in [3.05, 3.63) is 33.3 Å². The third kappa shape index (κ3) is 2.77. The van der Waals surface area contributed by atoms with Gasteiger partial charge in [0.15, 0.2) is 0 Å². The van der Waals surface area contributed by atoms with E-state index in [0.29, 0.717) is 6.54 Å². The number of amides is 1. The van der Waals surface area contributed by atoms with Crippen LogP contribution < -0.4 is 10.6 Å². The highest BCUT2D eigenvalue weighted by Crippen LogP contribution is 2.28. The summed E-state index contributed by atoms with van der Waals surface area (Å²) in [6.07, 6.45) is 0.743. The zero-order chi connectivity index (χ0) is 13.1. The maximum absolute atomic E-state index is 11.9. The fraction of sp³-hybridized carbons (Fsp3) is 0.364. The van der Waals surface area contributed by atoms with Gasteiger partial charge in [-0.05, 0) is 25.1 Å². The van der Waals surface area contributed by atoms with E-state index >= 15 is 0 Å². The fourth-order valence-electron chi connectivity index (χ4n) is 1.87. The van der Waals surface area contributed by atoms with E-state index in [1.165, 1.54) is 18.2 Å². The number of halogens is 1. The van der Waals surface area contributed by atoms with Crippen molar-refractivity contribution in [3.63, 3.8) is 0 Å². The first-order valence-corrected chi connectivity index (χ1v) is 5.91. The van der Waals surface area contributed by atoms with Crippen molar-refractivity contribution in [2.24, 2.45) is 5.92 Å². The Morgan fingerprint density at radius 1 is 1.56 bits per heavy atom. The number of nitrogens with one attached hydrogen (secondary N) is 2. The van der Waals surface area contributed by atoms with Crippen LogP contribution in [0.15, 0.2) is 18.2 Å². The molecule has 1 aromatic rings. The largest absolute Gasteiger partial charge is 0.320 e. The van der Waals surface area contributed by atoms with E-state index in [0.717, 1.165) is 13.0 Å². The van der Waals surface area contributed by atoms with Gasteiger partial charge in [0.1, 0.15) is 5.69 Å². The molecule has 18 heavy (non-hydrogen) atoms. The second-order valence-corrected chi connectivity index (χ2v) is 4.53.